The number of aromatic nitrogens is 1. The van der Waals surface area contributed by atoms with Crippen LogP contribution in [-0.4, -0.2) is 13.4 Å². The minimum Gasteiger partial charge on any atom is -0.399 e. The number of anilines is 1. The highest BCUT2D eigenvalue weighted by molar-refractivity contribution is 7.90. The summed E-state index contributed by atoms with van der Waals surface area (Å²) in [7, 11) is -3.41. The maximum Gasteiger partial charge on any atom is 0.184 e. The van der Waals surface area contributed by atoms with Gasteiger partial charge in [0.2, 0.25) is 0 Å². The van der Waals surface area contributed by atoms with Gasteiger partial charge < -0.3 is 5.73 Å². The molecule has 2 N–H and O–H groups in total. The van der Waals surface area contributed by atoms with Crippen LogP contribution in [0.25, 0.3) is 10.2 Å². The lowest BCUT2D eigenvalue weighted by molar-refractivity contribution is 0.595. The Morgan fingerprint density at radius 3 is 2.67 bits per heavy atom. The van der Waals surface area contributed by atoms with Gasteiger partial charge in [-0.3, -0.25) is 0 Å². The number of benzene rings is 2. The van der Waals surface area contributed by atoms with Gasteiger partial charge in [-0.05, 0) is 42.8 Å². The Bertz CT molecular complexity index is 881. The molecule has 0 saturated carbocycles. The van der Waals surface area contributed by atoms with Crippen LogP contribution in [0.5, 0.6) is 0 Å². The molecule has 0 aliphatic rings. The van der Waals surface area contributed by atoms with Gasteiger partial charge in [0.25, 0.3) is 0 Å². The van der Waals surface area contributed by atoms with E-state index >= 15 is 0 Å². The van der Waals surface area contributed by atoms with Gasteiger partial charge in [-0.15, -0.1) is 11.3 Å². The van der Waals surface area contributed by atoms with Crippen LogP contribution in [0.4, 0.5) is 5.69 Å². The number of hydrogen-bond donors (Lipinski definition) is 1. The van der Waals surface area contributed by atoms with Crippen LogP contribution >= 0.6 is 11.3 Å². The summed E-state index contributed by atoms with van der Waals surface area (Å²) in [6.07, 6.45) is 0. The molecule has 0 radical (unpaired) electrons. The van der Waals surface area contributed by atoms with E-state index < -0.39 is 9.84 Å². The lowest BCUT2D eigenvalue weighted by Crippen LogP contribution is -2.05. The van der Waals surface area contributed by atoms with Crippen molar-refractivity contribution >= 4 is 37.1 Å². The van der Waals surface area contributed by atoms with Gasteiger partial charge in [-0.2, -0.15) is 0 Å². The highest BCUT2D eigenvalue weighted by Gasteiger charge is 2.18. The number of sulfone groups is 1. The zero-order valence-corrected chi connectivity index (χ0v) is 13.0. The van der Waals surface area contributed by atoms with Crippen LogP contribution < -0.4 is 5.73 Å². The van der Waals surface area contributed by atoms with E-state index in [1.807, 2.05) is 24.3 Å². The Balaban J connectivity index is 1.96. The standard InChI is InChI=1S/C15H14N2O2S2/c1-10-8-11(6-7-12(10)16)21(18,19)9-15-17-13-4-2-3-5-14(13)20-15/h2-8H,9,16H2,1H3. The third-order valence-corrected chi connectivity index (χ3v) is 6.10. The smallest absolute Gasteiger partial charge is 0.184 e. The third-order valence-electron chi connectivity index (χ3n) is 3.25. The summed E-state index contributed by atoms with van der Waals surface area (Å²) in [5, 5.41) is 0.602. The number of para-hydroxylation sites is 1. The first kappa shape index (κ1) is 14.0. The van der Waals surface area contributed by atoms with E-state index in [2.05, 4.69) is 4.98 Å². The van der Waals surface area contributed by atoms with Crippen molar-refractivity contribution in [3.63, 3.8) is 0 Å². The average Bonchev–Trinajstić information content (AvgIpc) is 2.82. The summed E-state index contributed by atoms with van der Waals surface area (Å²) in [5.74, 6) is -0.0876. The largest absolute Gasteiger partial charge is 0.399 e. The Morgan fingerprint density at radius 2 is 1.95 bits per heavy atom. The second-order valence-corrected chi connectivity index (χ2v) is 7.96. The molecule has 1 heterocycles. The lowest BCUT2D eigenvalue weighted by Gasteiger charge is -2.05. The molecule has 0 spiro atoms. The number of rotatable bonds is 3. The van der Waals surface area contributed by atoms with Gasteiger partial charge in [-0.25, -0.2) is 13.4 Å². The number of nitrogen functional groups attached to an aromatic ring is 1. The average molecular weight is 318 g/mol. The number of thiazole rings is 1. The molecule has 2 aromatic carbocycles. The SMILES string of the molecule is Cc1cc(S(=O)(=O)Cc2nc3ccccc3s2)ccc1N. The van der Waals surface area contributed by atoms with Gasteiger partial charge in [0, 0.05) is 5.69 Å². The second-order valence-electron chi connectivity index (χ2n) is 4.85. The van der Waals surface area contributed by atoms with Crippen molar-refractivity contribution < 1.29 is 8.42 Å². The Morgan fingerprint density at radius 1 is 1.19 bits per heavy atom. The molecule has 0 amide bonds. The van der Waals surface area contributed by atoms with E-state index in [1.54, 1.807) is 25.1 Å². The molecule has 21 heavy (non-hydrogen) atoms. The highest BCUT2D eigenvalue weighted by atomic mass is 32.2. The maximum absolute atomic E-state index is 12.5. The van der Waals surface area contributed by atoms with Crippen LogP contribution in [-0.2, 0) is 15.6 Å². The van der Waals surface area contributed by atoms with Crippen molar-refractivity contribution in [2.24, 2.45) is 0 Å². The van der Waals surface area contributed by atoms with Crippen LogP contribution in [0.2, 0.25) is 0 Å². The molecular formula is C15H14N2O2S2. The zero-order valence-electron chi connectivity index (χ0n) is 11.4. The Hall–Kier alpha value is -1.92. The van der Waals surface area contributed by atoms with E-state index in [4.69, 9.17) is 5.73 Å². The summed E-state index contributed by atoms with van der Waals surface area (Å²) in [6.45, 7) is 1.80. The van der Waals surface area contributed by atoms with E-state index in [0.717, 1.165) is 15.8 Å². The van der Waals surface area contributed by atoms with E-state index in [-0.39, 0.29) is 10.6 Å². The van der Waals surface area contributed by atoms with Crippen molar-refractivity contribution in [3.05, 3.63) is 53.0 Å². The monoisotopic (exact) mass is 318 g/mol. The molecule has 1 aromatic heterocycles. The summed E-state index contributed by atoms with van der Waals surface area (Å²) >= 11 is 1.41. The molecule has 0 saturated heterocycles. The molecule has 108 valence electrons. The fourth-order valence-electron chi connectivity index (χ4n) is 2.07. The first-order valence-corrected chi connectivity index (χ1v) is 8.86. The molecule has 0 bridgehead atoms. The quantitative estimate of drug-likeness (QED) is 0.753. The lowest BCUT2D eigenvalue weighted by atomic mass is 10.2. The van der Waals surface area contributed by atoms with Gasteiger partial charge in [0.05, 0.1) is 15.1 Å². The van der Waals surface area contributed by atoms with Crippen LogP contribution in [0.15, 0.2) is 47.4 Å². The zero-order chi connectivity index (χ0) is 15.0. The number of nitrogens with two attached hydrogens (primary N) is 1. The normalized spacial score (nSPS) is 11.9. The van der Waals surface area contributed by atoms with Gasteiger partial charge in [0.15, 0.2) is 9.84 Å². The number of aryl methyl sites for hydroxylation is 1. The van der Waals surface area contributed by atoms with Gasteiger partial charge in [-0.1, -0.05) is 12.1 Å². The minimum absolute atomic E-state index is 0.0876. The minimum atomic E-state index is -3.41. The Kier molecular flexibility index (Phi) is 3.43. The number of nitrogens with zero attached hydrogens (tertiary/aromatic N) is 1. The third kappa shape index (κ3) is 2.77. The van der Waals surface area contributed by atoms with E-state index in [1.165, 1.54) is 11.3 Å². The van der Waals surface area contributed by atoms with Crippen molar-refractivity contribution in [1.82, 2.24) is 4.98 Å². The van der Waals surface area contributed by atoms with Crippen molar-refractivity contribution in [2.75, 3.05) is 5.73 Å². The summed E-state index contributed by atoms with van der Waals surface area (Å²) < 4.78 is 25.9. The van der Waals surface area contributed by atoms with E-state index in [0.29, 0.717) is 10.7 Å². The predicted octanol–water partition coefficient (Wildman–Crippen LogP) is 3.16. The molecule has 0 atom stereocenters. The topological polar surface area (TPSA) is 73.0 Å². The second kappa shape index (κ2) is 5.13. The molecule has 0 aliphatic carbocycles. The predicted molar refractivity (Wildman–Crippen MR) is 86.1 cm³/mol. The fraction of sp³-hybridized carbons (Fsp3) is 0.133. The molecular weight excluding hydrogens is 304 g/mol. The van der Waals surface area contributed by atoms with Gasteiger partial charge >= 0.3 is 0 Å². The van der Waals surface area contributed by atoms with Crippen LogP contribution in [0.3, 0.4) is 0 Å². The first-order valence-electron chi connectivity index (χ1n) is 6.39. The first-order chi connectivity index (χ1) is 9.95. The molecule has 0 aliphatic heterocycles. The maximum atomic E-state index is 12.5. The van der Waals surface area contributed by atoms with E-state index in [9.17, 15) is 8.42 Å². The summed E-state index contributed by atoms with van der Waals surface area (Å²) in [4.78, 5) is 4.66. The molecule has 0 unspecified atom stereocenters. The van der Waals surface area contributed by atoms with Gasteiger partial charge in [0.1, 0.15) is 10.8 Å². The van der Waals surface area contributed by atoms with Crippen molar-refractivity contribution in [1.29, 1.82) is 0 Å². The Labute approximate surface area is 127 Å². The summed E-state index contributed by atoms with van der Waals surface area (Å²) in [6, 6.07) is 12.4. The van der Waals surface area contributed by atoms with Crippen molar-refractivity contribution in [3.8, 4) is 0 Å². The highest BCUT2D eigenvalue weighted by Crippen LogP contribution is 2.26. The summed E-state index contributed by atoms with van der Waals surface area (Å²) in [5.41, 5.74) is 7.92. The van der Waals surface area contributed by atoms with Crippen LogP contribution in [0.1, 0.15) is 10.6 Å². The fourth-order valence-corrected chi connectivity index (χ4v) is 4.72. The van der Waals surface area contributed by atoms with Crippen LogP contribution in [0, 0.1) is 6.92 Å². The number of fused-ring (bicyclic) bond motifs is 1. The molecule has 6 heteroatoms. The molecule has 3 aromatic rings. The molecule has 0 fully saturated rings. The van der Waals surface area contributed by atoms with Crippen molar-refractivity contribution in [2.45, 2.75) is 17.6 Å². The number of hydrogen-bond acceptors (Lipinski definition) is 5. The molecule has 4 nitrogen and oxygen atoms in total. The molecule has 3 rings (SSSR count).